The molecular formula is C12H12ClN3O. The van der Waals surface area contributed by atoms with Gasteiger partial charge < -0.3 is 10.1 Å². The molecule has 0 unspecified atom stereocenters. The Hall–Kier alpha value is -1.65. The molecule has 5 heteroatoms. The molecule has 0 saturated heterocycles. The molecule has 0 aliphatic carbocycles. The SMILES string of the molecule is CNCc1cccc(Oc2ccc(Cl)nn2)c1. The molecule has 1 aromatic heterocycles. The normalized spacial score (nSPS) is 10.2. The van der Waals surface area contributed by atoms with E-state index in [1.165, 1.54) is 0 Å². The van der Waals surface area contributed by atoms with Crippen molar-refractivity contribution >= 4 is 11.6 Å². The molecule has 0 spiro atoms. The molecule has 2 aromatic rings. The van der Waals surface area contributed by atoms with E-state index in [1.54, 1.807) is 12.1 Å². The smallest absolute Gasteiger partial charge is 0.238 e. The summed E-state index contributed by atoms with van der Waals surface area (Å²) in [5.74, 6) is 1.16. The lowest BCUT2D eigenvalue weighted by molar-refractivity contribution is 0.454. The first-order chi connectivity index (χ1) is 8.28. The van der Waals surface area contributed by atoms with Crippen molar-refractivity contribution in [3.8, 4) is 11.6 Å². The van der Waals surface area contributed by atoms with Crippen LogP contribution < -0.4 is 10.1 Å². The van der Waals surface area contributed by atoms with Gasteiger partial charge >= 0.3 is 0 Å². The van der Waals surface area contributed by atoms with Crippen molar-refractivity contribution in [3.05, 3.63) is 47.1 Å². The van der Waals surface area contributed by atoms with E-state index < -0.39 is 0 Å². The van der Waals surface area contributed by atoms with Gasteiger partial charge in [0.05, 0.1) is 0 Å². The van der Waals surface area contributed by atoms with Crippen molar-refractivity contribution < 1.29 is 4.74 Å². The Labute approximate surface area is 105 Å². The van der Waals surface area contributed by atoms with Gasteiger partial charge in [-0.05, 0) is 30.8 Å². The highest BCUT2D eigenvalue weighted by Crippen LogP contribution is 2.20. The molecule has 17 heavy (non-hydrogen) atoms. The van der Waals surface area contributed by atoms with E-state index in [2.05, 4.69) is 15.5 Å². The molecule has 1 aromatic carbocycles. The Morgan fingerprint density at radius 1 is 1.24 bits per heavy atom. The quantitative estimate of drug-likeness (QED) is 0.905. The average molecular weight is 250 g/mol. The summed E-state index contributed by atoms with van der Waals surface area (Å²) in [5, 5.41) is 11.0. The Kier molecular flexibility index (Phi) is 3.90. The molecule has 0 atom stereocenters. The Morgan fingerprint density at radius 3 is 2.82 bits per heavy atom. The number of nitrogens with zero attached hydrogens (tertiary/aromatic N) is 2. The van der Waals surface area contributed by atoms with Gasteiger partial charge in [-0.25, -0.2) is 0 Å². The fourth-order valence-electron chi connectivity index (χ4n) is 1.40. The molecule has 2 rings (SSSR count). The van der Waals surface area contributed by atoms with E-state index in [0.717, 1.165) is 17.9 Å². The van der Waals surface area contributed by atoms with Crippen molar-refractivity contribution in [2.45, 2.75) is 6.54 Å². The Bertz CT molecular complexity index is 487. The summed E-state index contributed by atoms with van der Waals surface area (Å²) in [6, 6.07) is 11.1. The van der Waals surface area contributed by atoms with Crippen LogP contribution in [0.3, 0.4) is 0 Å². The van der Waals surface area contributed by atoms with E-state index in [4.69, 9.17) is 16.3 Å². The molecule has 1 heterocycles. The van der Waals surface area contributed by atoms with E-state index in [-0.39, 0.29) is 0 Å². The average Bonchev–Trinajstić information content (AvgIpc) is 2.33. The van der Waals surface area contributed by atoms with Crippen LogP contribution in [0.15, 0.2) is 36.4 Å². The number of hydrogen-bond donors (Lipinski definition) is 1. The summed E-state index contributed by atoms with van der Waals surface area (Å²) in [5.41, 5.74) is 1.15. The van der Waals surface area contributed by atoms with Crippen LogP contribution in [0, 0.1) is 0 Å². The number of rotatable bonds is 4. The third-order valence-electron chi connectivity index (χ3n) is 2.11. The molecule has 0 amide bonds. The van der Waals surface area contributed by atoms with Crippen LogP contribution in [0.4, 0.5) is 0 Å². The van der Waals surface area contributed by atoms with Crippen LogP contribution in [-0.2, 0) is 6.54 Å². The number of hydrogen-bond acceptors (Lipinski definition) is 4. The van der Waals surface area contributed by atoms with Crippen molar-refractivity contribution in [1.29, 1.82) is 0 Å². The van der Waals surface area contributed by atoms with Crippen LogP contribution in [0.5, 0.6) is 11.6 Å². The first kappa shape index (κ1) is 11.8. The molecule has 0 radical (unpaired) electrons. The third-order valence-corrected chi connectivity index (χ3v) is 2.31. The zero-order chi connectivity index (χ0) is 12.1. The summed E-state index contributed by atoms with van der Waals surface area (Å²) >= 11 is 5.64. The molecule has 0 bridgehead atoms. The van der Waals surface area contributed by atoms with E-state index in [0.29, 0.717) is 11.0 Å². The fraction of sp³-hybridized carbons (Fsp3) is 0.167. The van der Waals surface area contributed by atoms with Crippen molar-refractivity contribution in [3.63, 3.8) is 0 Å². The first-order valence-corrected chi connectivity index (χ1v) is 5.56. The van der Waals surface area contributed by atoms with Crippen LogP contribution in [-0.4, -0.2) is 17.2 Å². The molecule has 0 fully saturated rings. The lowest BCUT2D eigenvalue weighted by atomic mass is 10.2. The van der Waals surface area contributed by atoms with Gasteiger partial charge in [0.1, 0.15) is 5.75 Å². The largest absolute Gasteiger partial charge is 0.438 e. The molecule has 0 aliphatic heterocycles. The van der Waals surface area contributed by atoms with Crippen molar-refractivity contribution in [2.24, 2.45) is 0 Å². The van der Waals surface area contributed by atoms with Crippen LogP contribution in [0.2, 0.25) is 5.15 Å². The monoisotopic (exact) mass is 249 g/mol. The molecule has 88 valence electrons. The highest BCUT2D eigenvalue weighted by Gasteiger charge is 2.00. The van der Waals surface area contributed by atoms with Crippen LogP contribution in [0.1, 0.15) is 5.56 Å². The molecular weight excluding hydrogens is 238 g/mol. The van der Waals surface area contributed by atoms with Gasteiger partial charge in [-0.15, -0.1) is 10.2 Å². The minimum atomic E-state index is 0.348. The fourth-order valence-corrected chi connectivity index (χ4v) is 1.50. The summed E-state index contributed by atoms with van der Waals surface area (Å²) < 4.78 is 5.56. The number of halogens is 1. The van der Waals surface area contributed by atoms with Gasteiger partial charge in [0.2, 0.25) is 5.88 Å². The van der Waals surface area contributed by atoms with Crippen LogP contribution >= 0.6 is 11.6 Å². The second-order valence-electron chi connectivity index (χ2n) is 3.47. The van der Waals surface area contributed by atoms with Gasteiger partial charge in [0.15, 0.2) is 5.15 Å². The number of ether oxygens (including phenoxy) is 1. The summed E-state index contributed by atoms with van der Waals surface area (Å²) in [6.45, 7) is 0.795. The summed E-state index contributed by atoms with van der Waals surface area (Å²) in [7, 11) is 1.90. The lowest BCUT2D eigenvalue weighted by Gasteiger charge is -2.06. The van der Waals surface area contributed by atoms with Gasteiger partial charge in [0, 0.05) is 12.6 Å². The number of nitrogens with one attached hydrogen (secondary N) is 1. The second-order valence-corrected chi connectivity index (χ2v) is 3.86. The minimum Gasteiger partial charge on any atom is -0.438 e. The maximum atomic E-state index is 5.64. The predicted octanol–water partition coefficient (Wildman–Crippen LogP) is 2.64. The van der Waals surface area contributed by atoms with Gasteiger partial charge in [0.25, 0.3) is 0 Å². The Morgan fingerprint density at radius 2 is 2.12 bits per heavy atom. The van der Waals surface area contributed by atoms with E-state index in [9.17, 15) is 0 Å². The maximum Gasteiger partial charge on any atom is 0.238 e. The third kappa shape index (κ3) is 3.41. The summed E-state index contributed by atoms with van der Waals surface area (Å²) in [6.07, 6.45) is 0. The molecule has 1 N–H and O–H groups in total. The van der Waals surface area contributed by atoms with Gasteiger partial charge in [-0.2, -0.15) is 0 Å². The standard InChI is InChI=1S/C12H12ClN3O/c1-14-8-9-3-2-4-10(7-9)17-12-6-5-11(13)15-16-12/h2-7,14H,8H2,1H3. The van der Waals surface area contributed by atoms with Gasteiger partial charge in [-0.1, -0.05) is 23.7 Å². The first-order valence-electron chi connectivity index (χ1n) is 5.18. The van der Waals surface area contributed by atoms with Gasteiger partial charge in [-0.3, -0.25) is 0 Å². The van der Waals surface area contributed by atoms with Crippen molar-refractivity contribution in [1.82, 2.24) is 15.5 Å². The second kappa shape index (κ2) is 5.61. The van der Waals surface area contributed by atoms with E-state index in [1.807, 2.05) is 31.3 Å². The molecule has 4 nitrogen and oxygen atoms in total. The Balaban J connectivity index is 2.12. The van der Waals surface area contributed by atoms with Crippen molar-refractivity contribution in [2.75, 3.05) is 7.05 Å². The highest BCUT2D eigenvalue weighted by molar-refractivity contribution is 6.29. The summed E-state index contributed by atoms with van der Waals surface area (Å²) in [4.78, 5) is 0. The lowest BCUT2D eigenvalue weighted by Crippen LogP contribution is -2.04. The minimum absolute atomic E-state index is 0.348. The zero-order valence-corrected chi connectivity index (χ0v) is 10.1. The highest BCUT2D eigenvalue weighted by atomic mass is 35.5. The maximum absolute atomic E-state index is 5.64. The number of benzene rings is 1. The van der Waals surface area contributed by atoms with E-state index >= 15 is 0 Å². The molecule has 0 saturated carbocycles. The number of aromatic nitrogens is 2. The zero-order valence-electron chi connectivity index (χ0n) is 9.35. The molecule has 0 aliphatic rings. The van der Waals surface area contributed by atoms with Crippen LogP contribution in [0.25, 0.3) is 0 Å². The topological polar surface area (TPSA) is 47.0 Å². The predicted molar refractivity (Wildman–Crippen MR) is 66.3 cm³/mol.